The molecule has 1 atom stereocenters. The molecule has 1 aliphatic heterocycles. The highest BCUT2D eigenvalue weighted by atomic mass is 79.9. The quantitative estimate of drug-likeness (QED) is 0.891. The number of amides is 1. The summed E-state index contributed by atoms with van der Waals surface area (Å²) in [5.74, 6) is -1.30. The van der Waals surface area contributed by atoms with Gasteiger partial charge in [-0.2, -0.15) is 0 Å². The summed E-state index contributed by atoms with van der Waals surface area (Å²) in [4.78, 5) is 22.9. The zero-order chi connectivity index (χ0) is 13.8. The summed E-state index contributed by atoms with van der Waals surface area (Å²) in [5.41, 5.74) is 0.369. The Morgan fingerprint density at radius 2 is 2.26 bits per heavy atom. The molecule has 1 saturated heterocycles. The van der Waals surface area contributed by atoms with Gasteiger partial charge in [-0.25, -0.2) is 4.79 Å². The first-order valence-corrected chi connectivity index (χ1v) is 6.80. The number of anilines is 1. The molecule has 0 aromatic heterocycles. The van der Waals surface area contributed by atoms with Crippen LogP contribution in [0.4, 0.5) is 5.69 Å². The van der Waals surface area contributed by atoms with Crippen LogP contribution in [-0.4, -0.2) is 29.7 Å². The van der Waals surface area contributed by atoms with Crippen LogP contribution >= 0.6 is 15.9 Å². The molecule has 1 amide bonds. The Morgan fingerprint density at radius 3 is 2.89 bits per heavy atom. The normalized spacial score (nSPS) is 18.3. The summed E-state index contributed by atoms with van der Waals surface area (Å²) in [7, 11) is 0. The highest BCUT2D eigenvalue weighted by molar-refractivity contribution is 9.10. The van der Waals surface area contributed by atoms with E-state index in [4.69, 9.17) is 9.84 Å². The number of hydrogen-bond donors (Lipinski definition) is 2. The Labute approximate surface area is 119 Å². The molecule has 0 radical (unpaired) electrons. The first-order valence-electron chi connectivity index (χ1n) is 6.00. The third kappa shape index (κ3) is 3.78. The number of nitrogens with one attached hydrogen (secondary N) is 1. The molecule has 1 aromatic rings. The second kappa shape index (κ2) is 6.16. The van der Waals surface area contributed by atoms with Crippen molar-refractivity contribution >= 4 is 33.5 Å². The first-order chi connectivity index (χ1) is 9.06. The molecule has 0 aliphatic carbocycles. The molecule has 102 valence electrons. The van der Waals surface area contributed by atoms with Gasteiger partial charge < -0.3 is 15.2 Å². The molecular weight excluding hydrogens is 314 g/mol. The lowest BCUT2D eigenvalue weighted by Crippen LogP contribution is -2.20. The summed E-state index contributed by atoms with van der Waals surface area (Å²) < 4.78 is 6.03. The van der Waals surface area contributed by atoms with Gasteiger partial charge in [-0.15, -0.1) is 0 Å². The van der Waals surface area contributed by atoms with E-state index in [0.717, 1.165) is 12.8 Å². The molecule has 0 saturated carbocycles. The molecule has 19 heavy (non-hydrogen) atoms. The zero-order valence-corrected chi connectivity index (χ0v) is 11.8. The maximum absolute atomic E-state index is 11.8. The standard InChI is InChI=1S/C13H14BrNO4/c14-8-3-4-11(10(6-8)13(17)18)15-12(16)7-9-2-1-5-19-9/h3-4,6,9H,1-2,5,7H2,(H,15,16)(H,17,18). The minimum atomic E-state index is -1.08. The number of carbonyl (C=O) groups is 2. The van der Waals surface area contributed by atoms with Crippen molar-refractivity contribution in [1.82, 2.24) is 0 Å². The third-order valence-corrected chi connectivity index (χ3v) is 3.42. The van der Waals surface area contributed by atoms with E-state index in [1.165, 1.54) is 6.07 Å². The van der Waals surface area contributed by atoms with Crippen molar-refractivity contribution in [2.45, 2.75) is 25.4 Å². The van der Waals surface area contributed by atoms with Crippen LogP contribution in [0.2, 0.25) is 0 Å². The second-order valence-electron chi connectivity index (χ2n) is 4.38. The molecule has 6 heteroatoms. The fraction of sp³-hybridized carbons (Fsp3) is 0.385. The molecule has 5 nitrogen and oxygen atoms in total. The maximum Gasteiger partial charge on any atom is 0.337 e. The number of rotatable bonds is 4. The lowest BCUT2D eigenvalue weighted by atomic mass is 10.1. The van der Waals surface area contributed by atoms with Gasteiger partial charge in [0.15, 0.2) is 0 Å². The van der Waals surface area contributed by atoms with Crippen LogP contribution in [0.5, 0.6) is 0 Å². The van der Waals surface area contributed by atoms with E-state index in [1.807, 2.05) is 0 Å². The van der Waals surface area contributed by atoms with E-state index in [-0.39, 0.29) is 24.0 Å². The molecule has 1 aromatic carbocycles. The number of carboxylic acid groups (broad SMARTS) is 1. The SMILES string of the molecule is O=C(CC1CCCO1)Nc1ccc(Br)cc1C(=O)O. The lowest BCUT2D eigenvalue weighted by Gasteiger charge is -2.11. The Morgan fingerprint density at radius 1 is 1.47 bits per heavy atom. The summed E-state index contributed by atoms with van der Waals surface area (Å²) >= 11 is 3.21. The summed E-state index contributed by atoms with van der Waals surface area (Å²) in [5, 5.41) is 11.7. The topological polar surface area (TPSA) is 75.6 Å². The molecule has 2 rings (SSSR count). The maximum atomic E-state index is 11.8. The molecule has 1 unspecified atom stereocenters. The van der Waals surface area contributed by atoms with Crippen LogP contribution < -0.4 is 5.32 Å². The van der Waals surface area contributed by atoms with Crippen LogP contribution in [0.1, 0.15) is 29.6 Å². The van der Waals surface area contributed by atoms with Gasteiger partial charge in [-0.05, 0) is 31.0 Å². The number of aromatic carboxylic acids is 1. The lowest BCUT2D eigenvalue weighted by molar-refractivity contribution is -0.118. The van der Waals surface area contributed by atoms with Crippen molar-refractivity contribution in [3.8, 4) is 0 Å². The molecule has 0 bridgehead atoms. The molecule has 0 spiro atoms. The van der Waals surface area contributed by atoms with Crippen LogP contribution in [0, 0.1) is 0 Å². The number of benzene rings is 1. The van der Waals surface area contributed by atoms with E-state index in [1.54, 1.807) is 12.1 Å². The van der Waals surface area contributed by atoms with Crippen molar-refractivity contribution in [3.05, 3.63) is 28.2 Å². The van der Waals surface area contributed by atoms with E-state index >= 15 is 0 Å². The van der Waals surface area contributed by atoms with Crippen LogP contribution in [0.3, 0.4) is 0 Å². The van der Waals surface area contributed by atoms with E-state index < -0.39 is 5.97 Å². The summed E-state index contributed by atoms with van der Waals surface area (Å²) in [6.07, 6.45) is 2.05. The van der Waals surface area contributed by atoms with Crippen molar-refractivity contribution in [2.24, 2.45) is 0 Å². The minimum absolute atomic E-state index is 0.0521. The zero-order valence-electron chi connectivity index (χ0n) is 10.2. The minimum Gasteiger partial charge on any atom is -0.478 e. The average molecular weight is 328 g/mol. The van der Waals surface area contributed by atoms with E-state index in [9.17, 15) is 9.59 Å². The third-order valence-electron chi connectivity index (χ3n) is 2.92. The van der Waals surface area contributed by atoms with Gasteiger partial charge in [0, 0.05) is 11.1 Å². The molecule has 2 N–H and O–H groups in total. The van der Waals surface area contributed by atoms with Crippen molar-refractivity contribution in [3.63, 3.8) is 0 Å². The Kier molecular flexibility index (Phi) is 4.55. The highest BCUT2D eigenvalue weighted by Gasteiger charge is 2.20. The Balaban J connectivity index is 2.05. The average Bonchev–Trinajstić information content (AvgIpc) is 2.83. The van der Waals surface area contributed by atoms with Gasteiger partial charge in [0.25, 0.3) is 0 Å². The number of hydrogen-bond acceptors (Lipinski definition) is 3. The van der Waals surface area contributed by atoms with Crippen LogP contribution in [0.25, 0.3) is 0 Å². The Hall–Kier alpha value is -1.40. The van der Waals surface area contributed by atoms with Crippen LogP contribution in [-0.2, 0) is 9.53 Å². The predicted octanol–water partition coefficient (Wildman–Crippen LogP) is 2.65. The van der Waals surface area contributed by atoms with Gasteiger partial charge in [-0.3, -0.25) is 4.79 Å². The summed E-state index contributed by atoms with van der Waals surface area (Å²) in [6.45, 7) is 0.691. The molecule has 1 aliphatic rings. The molecule has 1 fully saturated rings. The van der Waals surface area contributed by atoms with Crippen molar-refractivity contribution in [1.29, 1.82) is 0 Å². The smallest absolute Gasteiger partial charge is 0.337 e. The fourth-order valence-electron chi connectivity index (χ4n) is 2.02. The summed E-state index contributed by atoms with van der Waals surface area (Å²) in [6, 6.07) is 4.72. The number of ether oxygens (including phenoxy) is 1. The van der Waals surface area contributed by atoms with Gasteiger partial charge in [0.05, 0.1) is 23.8 Å². The predicted molar refractivity (Wildman–Crippen MR) is 73.3 cm³/mol. The molecule has 1 heterocycles. The van der Waals surface area contributed by atoms with E-state index in [2.05, 4.69) is 21.2 Å². The number of carbonyl (C=O) groups excluding carboxylic acids is 1. The Bertz CT molecular complexity index is 497. The van der Waals surface area contributed by atoms with Gasteiger partial charge in [0.2, 0.25) is 5.91 Å². The van der Waals surface area contributed by atoms with Crippen molar-refractivity contribution < 1.29 is 19.4 Å². The van der Waals surface area contributed by atoms with Gasteiger partial charge >= 0.3 is 5.97 Å². The number of halogens is 1. The van der Waals surface area contributed by atoms with Crippen LogP contribution in [0.15, 0.2) is 22.7 Å². The first kappa shape index (κ1) is 14.0. The fourth-order valence-corrected chi connectivity index (χ4v) is 2.38. The highest BCUT2D eigenvalue weighted by Crippen LogP contribution is 2.22. The monoisotopic (exact) mass is 327 g/mol. The van der Waals surface area contributed by atoms with E-state index in [0.29, 0.717) is 16.8 Å². The number of carboxylic acids is 1. The molecular formula is C13H14BrNO4. The van der Waals surface area contributed by atoms with Crippen molar-refractivity contribution in [2.75, 3.05) is 11.9 Å². The largest absolute Gasteiger partial charge is 0.478 e. The van der Waals surface area contributed by atoms with Gasteiger partial charge in [0.1, 0.15) is 0 Å². The van der Waals surface area contributed by atoms with Gasteiger partial charge in [-0.1, -0.05) is 15.9 Å². The second-order valence-corrected chi connectivity index (χ2v) is 5.30.